The van der Waals surface area contributed by atoms with Gasteiger partial charge in [-0.3, -0.25) is 0 Å². The summed E-state index contributed by atoms with van der Waals surface area (Å²) < 4.78 is 5.99. The summed E-state index contributed by atoms with van der Waals surface area (Å²) in [5.74, 6) is 2.16. The maximum absolute atomic E-state index is 6.29. The van der Waals surface area contributed by atoms with E-state index in [9.17, 15) is 0 Å². The maximum atomic E-state index is 6.29. The third-order valence-electron chi connectivity index (χ3n) is 4.45. The number of furan rings is 1. The number of rotatable bonds is 2. The van der Waals surface area contributed by atoms with Gasteiger partial charge in [-0.1, -0.05) is 24.9 Å². The van der Waals surface area contributed by atoms with E-state index < -0.39 is 0 Å². The zero-order valence-electron chi connectivity index (χ0n) is 11.2. The number of hydrogen-bond donors (Lipinski definition) is 1. The second-order valence-electron chi connectivity index (χ2n) is 5.69. The quantitative estimate of drug-likeness (QED) is 0.864. The molecule has 3 unspecified atom stereocenters. The third kappa shape index (κ3) is 2.52. The van der Waals surface area contributed by atoms with Crippen molar-refractivity contribution in [3.8, 4) is 0 Å². The molecule has 3 heteroatoms. The van der Waals surface area contributed by atoms with Crippen molar-refractivity contribution in [1.82, 2.24) is 0 Å². The van der Waals surface area contributed by atoms with Crippen LogP contribution < -0.4 is 5.73 Å². The van der Waals surface area contributed by atoms with E-state index in [1.54, 1.807) is 0 Å². The highest BCUT2D eigenvalue weighted by Gasteiger charge is 2.30. The molecule has 0 aliphatic heterocycles. The van der Waals surface area contributed by atoms with Crippen LogP contribution in [0.25, 0.3) is 11.0 Å². The highest BCUT2D eigenvalue weighted by molar-refractivity contribution is 6.31. The minimum Gasteiger partial charge on any atom is -0.461 e. The Morgan fingerprint density at radius 3 is 2.95 bits per heavy atom. The second kappa shape index (κ2) is 5.18. The van der Waals surface area contributed by atoms with Crippen molar-refractivity contribution in [3.05, 3.63) is 35.0 Å². The topological polar surface area (TPSA) is 39.2 Å². The predicted octanol–water partition coefficient (Wildman–Crippen LogP) is 4.71. The number of halogens is 1. The zero-order valence-corrected chi connectivity index (χ0v) is 12.0. The molecule has 1 aromatic heterocycles. The van der Waals surface area contributed by atoms with E-state index in [0.717, 1.165) is 40.5 Å². The lowest BCUT2D eigenvalue weighted by Crippen LogP contribution is -2.34. The van der Waals surface area contributed by atoms with Gasteiger partial charge in [-0.05, 0) is 49.4 Å². The Labute approximate surface area is 118 Å². The summed E-state index contributed by atoms with van der Waals surface area (Å²) in [6.45, 7) is 2.26. The van der Waals surface area contributed by atoms with Gasteiger partial charge in [-0.25, -0.2) is 0 Å². The van der Waals surface area contributed by atoms with Crippen molar-refractivity contribution < 1.29 is 4.42 Å². The minimum atomic E-state index is 0.221. The van der Waals surface area contributed by atoms with Crippen LogP contribution in [0.5, 0.6) is 0 Å². The summed E-state index contributed by atoms with van der Waals surface area (Å²) in [7, 11) is 0. The van der Waals surface area contributed by atoms with Crippen molar-refractivity contribution in [3.63, 3.8) is 0 Å². The van der Waals surface area contributed by atoms with Crippen LogP contribution in [-0.2, 0) is 0 Å². The predicted molar refractivity (Wildman–Crippen MR) is 79.6 cm³/mol. The molecule has 2 aromatic rings. The molecular formula is C16H20ClNO. The van der Waals surface area contributed by atoms with Crippen LogP contribution in [0.15, 0.2) is 28.7 Å². The molecule has 3 atom stereocenters. The Morgan fingerprint density at radius 2 is 2.16 bits per heavy atom. The zero-order chi connectivity index (χ0) is 13.4. The molecule has 3 rings (SSSR count). The molecule has 1 aliphatic rings. The van der Waals surface area contributed by atoms with E-state index in [1.165, 1.54) is 12.8 Å². The van der Waals surface area contributed by atoms with E-state index >= 15 is 0 Å². The van der Waals surface area contributed by atoms with Gasteiger partial charge in [0.05, 0.1) is 0 Å². The Hall–Kier alpha value is -0.990. The van der Waals surface area contributed by atoms with Crippen LogP contribution in [0.3, 0.4) is 0 Å². The fourth-order valence-electron chi connectivity index (χ4n) is 3.20. The first kappa shape index (κ1) is 13.0. The van der Waals surface area contributed by atoms with Gasteiger partial charge in [0.25, 0.3) is 0 Å². The van der Waals surface area contributed by atoms with E-state index in [4.69, 9.17) is 21.8 Å². The van der Waals surface area contributed by atoms with Crippen molar-refractivity contribution >= 4 is 22.6 Å². The molecule has 102 valence electrons. The van der Waals surface area contributed by atoms with Gasteiger partial charge in [-0.2, -0.15) is 0 Å². The van der Waals surface area contributed by atoms with Crippen LogP contribution in [0, 0.1) is 5.92 Å². The van der Waals surface area contributed by atoms with E-state index in [0.29, 0.717) is 5.92 Å². The van der Waals surface area contributed by atoms with Crippen molar-refractivity contribution in [2.45, 2.75) is 44.6 Å². The Balaban J connectivity index is 1.93. The molecule has 0 spiro atoms. The van der Waals surface area contributed by atoms with Crippen LogP contribution >= 0.6 is 11.6 Å². The Kier molecular flexibility index (Phi) is 3.55. The smallest absolute Gasteiger partial charge is 0.134 e. The number of benzene rings is 1. The Bertz CT molecular complexity index is 577. The second-order valence-corrected chi connectivity index (χ2v) is 6.13. The first-order chi connectivity index (χ1) is 9.17. The number of fused-ring (bicyclic) bond motifs is 1. The van der Waals surface area contributed by atoms with E-state index in [2.05, 4.69) is 13.0 Å². The summed E-state index contributed by atoms with van der Waals surface area (Å²) in [5.41, 5.74) is 7.20. The molecule has 1 fully saturated rings. The van der Waals surface area contributed by atoms with E-state index in [1.807, 2.05) is 18.2 Å². The van der Waals surface area contributed by atoms with Crippen LogP contribution in [-0.4, -0.2) is 6.04 Å². The third-order valence-corrected chi connectivity index (χ3v) is 4.69. The van der Waals surface area contributed by atoms with Crippen LogP contribution in [0.1, 0.15) is 44.3 Å². The summed E-state index contributed by atoms with van der Waals surface area (Å²) in [5, 5.41) is 1.83. The average molecular weight is 278 g/mol. The highest BCUT2D eigenvalue weighted by atomic mass is 35.5. The van der Waals surface area contributed by atoms with Gasteiger partial charge in [0.15, 0.2) is 0 Å². The molecule has 19 heavy (non-hydrogen) atoms. The molecule has 0 radical (unpaired) electrons. The van der Waals surface area contributed by atoms with Crippen LogP contribution in [0.4, 0.5) is 0 Å². The van der Waals surface area contributed by atoms with Crippen molar-refractivity contribution in [2.75, 3.05) is 0 Å². The molecule has 1 aliphatic carbocycles. The molecule has 2 nitrogen and oxygen atoms in total. The fraction of sp³-hybridized carbons (Fsp3) is 0.500. The minimum absolute atomic E-state index is 0.221. The van der Waals surface area contributed by atoms with Gasteiger partial charge in [0.1, 0.15) is 11.3 Å². The SMILES string of the molecule is CCC1CCC(N)C(c2cc3cc(Cl)ccc3o2)C1. The van der Waals surface area contributed by atoms with Gasteiger partial charge < -0.3 is 10.2 Å². The summed E-state index contributed by atoms with van der Waals surface area (Å²) in [4.78, 5) is 0. The van der Waals surface area contributed by atoms with E-state index in [-0.39, 0.29) is 6.04 Å². The lowest BCUT2D eigenvalue weighted by atomic mass is 9.76. The largest absolute Gasteiger partial charge is 0.461 e. The number of nitrogens with two attached hydrogens (primary N) is 1. The lowest BCUT2D eigenvalue weighted by molar-refractivity contribution is 0.260. The molecule has 0 amide bonds. The fourth-order valence-corrected chi connectivity index (χ4v) is 3.38. The maximum Gasteiger partial charge on any atom is 0.134 e. The first-order valence-corrected chi connectivity index (χ1v) is 7.49. The van der Waals surface area contributed by atoms with Gasteiger partial charge in [-0.15, -0.1) is 0 Å². The van der Waals surface area contributed by atoms with Crippen molar-refractivity contribution in [2.24, 2.45) is 11.7 Å². The monoisotopic (exact) mass is 277 g/mol. The molecule has 1 heterocycles. The number of hydrogen-bond acceptors (Lipinski definition) is 2. The standard InChI is InChI=1S/C16H20ClNO/c1-2-10-3-5-14(18)13(7-10)16-9-11-8-12(17)4-6-15(11)19-16/h4,6,8-10,13-14H,2-3,5,7,18H2,1H3. The highest BCUT2D eigenvalue weighted by Crippen LogP contribution is 2.39. The van der Waals surface area contributed by atoms with Gasteiger partial charge >= 0.3 is 0 Å². The summed E-state index contributed by atoms with van der Waals surface area (Å²) in [6, 6.07) is 8.10. The molecule has 0 bridgehead atoms. The lowest BCUT2D eigenvalue weighted by Gasteiger charge is -2.32. The molecule has 2 N–H and O–H groups in total. The van der Waals surface area contributed by atoms with Crippen molar-refractivity contribution in [1.29, 1.82) is 0 Å². The molecule has 0 saturated heterocycles. The van der Waals surface area contributed by atoms with Gasteiger partial charge in [0, 0.05) is 22.4 Å². The Morgan fingerprint density at radius 1 is 1.32 bits per heavy atom. The average Bonchev–Trinajstić information content (AvgIpc) is 2.82. The van der Waals surface area contributed by atoms with Gasteiger partial charge in [0.2, 0.25) is 0 Å². The van der Waals surface area contributed by atoms with Crippen LogP contribution in [0.2, 0.25) is 5.02 Å². The molecule has 1 aromatic carbocycles. The molecule has 1 saturated carbocycles. The molecular weight excluding hydrogens is 258 g/mol. The first-order valence-electron chi connectivity index (χ1n) is 7.12. The normalized spacial score (nSPS) is 27.8. The summed E-state index contributed by atoms with van der Waals surface area (Å²) in [6.07, 6.45) is 4.72. The summed E-state index contributed by atoms with van der Waals surface area (Å²) >= 11 is 6.02.